The van der Waals surface area contributed by atoms with Crippen LogP contribution in [0.1, 0.15) is 65.7 Å². The van der Waals surface area contributed by atoms with Crippen LogP contribution in [0.3, 0.4) is 0 Å². The fraction of sp³-hybridized carbons (Fsp3) is 1.00. The predicted molar refractivity (Wildman–Crippen MR) is 73.1 cm³/mol. The maximum Gasteiger partial charge on any atom is 0.0947 e. The molecule has 0 spiro atoms. The fourth-order valence-corrected chi connectivity index (χ4v) is 3.02. The molecule has 0 N–H and O–H groups in total. The number of halogens is 1. The molecule has 0 aromatic rings. The van der Waals surface area contributed by atoms with E-state index in [0.29, 0.717) is 11.5 Å². The zero-order chi connectivity index (χ0) is 12.7. The molecule has 1 unspecified atom stereocenters. The fourth-order valence-electron chi connectivity index (χ4n) is 3.02. The first-order chi connectivity index (χ1) is 8.16. The number of rotatable bonds is 9. The van der Waals surface area contributed by atoms with Crippen molar-refractivity contribution in [1.29, 1.82) is 0 Å². The standard InChI is InChI=1S/C15H30FN/c1-4-6-7-8-10-15(3,9-5-2)17-12-14(11-16)13-17/h14H,4-13H2,1-3H3. The number of unbranched alkanes of at least 4 members (excludes halogenated alkanes) is 3. The van der Waals surface area contributed by atoms with E-state index in [1.54, 1.807) is 0 Å². The molecule has 0 bridgehead atoms. The van der Waals surface area contributed by atoms with Crippen LogP contribution in [0, 0.1) is 5.92 Å². The second kappa shape index (κ2) is 7.35. The number of alkyl halides is 1. The molecule has 1 nitrogen and oxygen atoms in total. The molecular formula is C15H30FN. The highest BCUT2D eigenvalue weighted by Crippen LogP contribution is 2.34. The van der Waals surface area contributed by atoms with E-state index in [0.717, 1.165) is 13.1 Å². The summed E-state index contributed by atoms with van der Waals surface area (Å²) in [5, 5.41) is 0. The van der Waals surface area contributed by atoms with Crippen molar-refractivity contribution in [3.63, 3.8) is 0 Å². The van der Waals surface area contributed by atoms with Crippen LogP contribution in [-0.2, 0) is 0 Å². The Morgan fingerprint density at radius 1 is 1.06 bits per heavy atom. The molecule has 1 aliphatic heterocycles. The van der Waals surface area contributed by atoms with Gasteiger partial charge >= 0.3 is 0 Å². The van der Waals surface area contributed by atoms with E-state index < -0.39 is 0 Å². The van der Waals surface area contributed by atoms with Gasteiger partial charge in [0.2, 0.25) is 0 Å². The number of hydrogen-bond acceptors (Lipinski definition) is 1. The van der Waals surface area contributed by atoms with Gasteiger partial charge in [0.05, 0.1) is 6.67 Å². The molecule has 1 heterocycles. The minimum Gasteiger partial charge on any atom is -0.297 e. The summed E-state index contributed by atoms with van der Waals surface area (Å²) in [5.74, 6) is 0.321. The summed E-state index contributed by atoms with van der Waals surface area (Å²) in [7, 11) is 0. The molecule has 0 aliphatic carbocycles. The van der Waals surface area contributed by atoms with Crippen molar-refractivity contribution in [2.75, 3.05) is 19.8 Å². The second-order valence-corrected chi connectivity index (χ2v) is 5.98. The Labute approximate surface area is 107 Å². The van der Waals surface area contributed by atoms with Crippen molar-refractivity contribution < 1.29 is 4.39 Å². The predicted octanol–water partition coefficient (Wildman–Crippen LogP) is 4.42. The largest absolute Gasteiger partial charge is 0.297 e. The third-order valence-electron chi connectivity index (χ3n) is 4.30. The van der Waals surface area contributed by atoms with Crippen molar-refractivity contribution in [3.05, 3.63) is 0 Å². The smallest absolute Gasteiger partial charge is 0.0947 e. The Kier molecular flexibility index (Phi) is 6.47. The van der Waals surface area contributed by atoms with Crippen molar-refractivity contribution in [2.45, 2.75) is 71.3 Å². The molecule has 0 radical (unpaired) electrons. The van der Waals surface area contributed by atoms with Crippen LogP contribution in [0.25, 0.3) is 0 Å². The Bertz CT molecular complexity index is 201. The number of hydrogen-bond donors (Lipinski definition) is 0. The van der Waals surface area contributed by atoms with Crippen LogP contribution in [0.4, 0.5) is 4.39 Å². The summed E-state index contributed by atoms with van der Waals surface area (Å²) in [6, 6.07) is 0. The molecule has 0 aromatic carbocycles. The first-order valence-electron chi connectivity index (χ1n) is 7.47. The van der Waals surface area contributed by atoms with E-state index in [1.807, 2.05) is 0 Å². The maximum absolute atomic E-state index is 12.5. The Balaban J connectivity index is 2.34. The molecule has 0 amide bonds. The van der Waals surface area contributed by atoms with Gasteiger partial charge < -0.3 is 0 Å². The van der Waals surface area contributed by atoms with Gasteiger partial charge in [-0.1, -0.05) is 46.0 Å². The lowest BCUT2D eigenvalue weighted by molar-refractivity contribution is -0.0257. The average molecular weight is 243 g/mol. The second-order valence-electron chi connectivity index (χ2n) is 5.98. The lowest BCUT2D eigenvalue weighted by atomic mass is 9.83. The van der Waals surface area contributed by atoms with Crippen LogP contribution in [0.15, 0.2) is 0 Å². The molecule has 0 saturated carbocycles. The zero-order valence-electron chi connectivity index (χ0n) is 12.0. The third-order valence-corrected chi connectivity index (χ3v) is 4.30. The van der Waals surface area contributed by atoms with E-state index in [9.17, 15) is 4.39 Å². The summed E-state index contributed by atoms with van der Waals surface area (Å²) in [5.41, 5.74) is 0.341. The molecule has 1 aliphatic rings. The van der Waals surface area contributed by atoms with Crippen LogP contribution in [-0.4, -0.2) is 30.2 Å². The van der Waals surface area contributed by atoms with Gasteiger partial charge in [0.1, 0.15) is 0 Å². The molecule has 102 valence electrons. The minimum absolute atomic E-state index is 0.130. The van der Waals surface area contributed by atoms with Crippen LogP contribution in [0.2, 0.25) is 0 Å². The Hall–Kier alpha value is -0.110. The first kappa shape index (κ1) is 14.9. The van der Waals surface area contributed by atoms with Crippen molar-refractivity contribution >= 4 is 0 Å². The van der Waals surface area contributed by atoms with Crippen LogP contribution < -0.4 is 0 Å². The SMILES string of the molecule is CCCCCCC(C)(CCC)N1CC(CF)C1. The Morgan fingerprint density at radius 3 is 2.29 bits per heavy atom. The molecule has 2 heteroatoms. The molecule has 1 atom stereocenters. The highest BCUT2D eigenvalue weighted by atomic mass is 19.1. The summed E-state index contributed by atoms with van der Waals surface area (Å²) < 4.78 is 12.5. The monoisotopic (exact) mass is 243 g/mol. The average Bonchev–Trinajstić information content (AvgIpc) is 2.23. The van der Waals surface area contributed by atoms with Gasteiger partial charge in [-0.25, -0.2) is 0 Å². The molecule has 1 saturated heterocycles. The minimum atomic E-state index is -0.130. The number of nitrogens with zero attached hydrogens (tertiary/aromatic N) is 1. The van der Waals surface area contributed by atoms with E-state index >= 15 is 0 Å². The lowest BCUT2D eigenvalue weighted by Gasteiger charge is -2.50. The van der Waals surface area contributed by atoms with Gasteiger partial charge in [-0.3, -0.25) is 9.29 Å². The van der Waals surface area contributed by atoms with E-state index in [4.69, 9.17) is 0 Å². The van der Waals surface area contributed by atoms with E-state index in [2.05, 4.69) is 25.7 Å². The van der Waals surface area contributed by atoms with Crippen molar-refractivity contribution in [3.8, 4) is 0 Å². The Morgan fingerprint density at radius 2 is 1.76 bits per heavy atom. The normalized spacial score (nSPS) is 21.2. The van der Waals surface area contributed by atoms with Gasteiger partial charge in [0.25, 0.3) is 0 Å². The van der Waals surface area contributed by atoms with E-state index in [1.165, 1.54) is 44.9 Å². The molecule has 1 rings (SSSR count). The van der Waals surface area contributed by atoms with Gasteiger partial charge in [-0.15, -0.1) is 0 Å². The quantitative estimate of drug-likeness (QED) is 0.542. The van der Waals surface area contributed by atoms with Gasteiger partial charge in [-0.2, -0.15) is 0 Å². The maximum atomic E-state index is 12.5. The van der Waals surface area contributed by atoms with Gasteiger partial charge in [0.15, 0.2) is 0 Å². The summed E-state index contributed by atoms with van der Waals surface area (Å²) >= 11 is 0. The molecule has 17 heavy (non-hydrogen) atoms. The molecule has 1 fully saturated rings. The van der Waals surface area contributed by atoms with E-state index in [-0.39, 0.29) is 6.67 Å². The van der Waals surface area contributed by atoms with Gasteiger partial charge in [0, 0.05) is 24.5 Å². The van der Waals surface area contributed by atoms with Crippen molar-refractivity contribution in [2.24, 2.45) is 5.92 Å². The van der Waals surface area contributed by atoms with Gasteiger partial charge in [-0.05, 0) is 19.8 Å². The van der Waals surface area contributed by atoms with Crippen molar-refractivity contribution in [1.82, 2.24) is 4.90 Å². The number of likely N-dealkylation sites (tertiary alicyclic amines) is 1. The lowest BCUT2D eigenvalue weighted by Crippen LogP contribution is -2.59. The topological polar surface area (TPSA) is 3.24 Å². The highest BCUT2D eigenvalue weighted by Gasteiger charge is 2.38. The van der Waals surface area contributed by atoms with Crippen LogP contribution in [0.5, 0.6) is 0 Å². The third kappa shape index (κ3) is 4.24. The summed E-state index contributed by atoms with van der Waals surface area (Å²) in [6.07, 6.45) is 9.14. The first-order valence-corrected chi connectivity index (χ1v) is 7.47. The van der Waals surface area contributed by atoms with Crippen LogP contribution >= 0.6 is 0 Å². The molecule has 0 aromatic heterocycles. The summed E-state index contributed by atoms with van der Waals surface area (Å²) in [4.78, 5) is 2.52. The highest BCUT2D eigenvalue weighted by molar-refractivity contribution is 4.93. The zero-order valence-corrected chi connectivity index (χ0v) is 12.0. The summed E-state index contributed by atoms with van der Waals surface area (Å²) in [6.45, 7) is 8.75. The molecular weight excluding hydrogens is 213 g/mol.